The van der Waals surface area contributed by atoms with Crippen molar-refractivity contribution in [2.45, 2.75) is 13.1 Å². The minimum atomic E-state index is -0.261. The van der Waals surface area contributed by atoms with Crippen LogP contribution in [0.15, 0.2) is 70.5 Å². The zero-order valence-electron chi connectivity index (χ0n) is 16.7. The lowest BCUT2D eigenvalue weighted by Crippen LogP contribution is -2.24. The normalized spacial score (nSPS) is 10.5. The highest BCUT2D eigenvalue weighted by atomic mass is 16.2. The number of carbonyl (C=O) groups excluding carboxylic acids is 2. The molecule has 0 spiro atoms. The highest BCUT2D eigenvalue weighted by Gasteiger charge is 2.08. The zero-order valence-corrected chi connectivity index (χ0v) is 16.7. The van der Waals surface area contributed by atoms with Gasteiger partial charge in [-0.2, -0.15) is 0 Å². The third-order valence-corrected chi connectivity index (χ3v) is 4.67. The molecule has 3 rings (SSSR count). The Morgan fingerprint density at radius 1 is 0.667 bits per heavy atom. The van der Waals surface area contributed by atoms with Gasteiger partial charge in [-0.1, -0.05) is 24.3 Å². The topological polar surface area (TPSA) is 102 Å². The van der Waals surface area contributed by atoms with Crippen molar-refractivity contribution in [2.24, 2.45) is 0 Å². The molecule has 0 aliphatic rings. The summed E-state index contributed by atoms with van der Waals surface area (Å²) in [5.74, 6) is -0.521. The number of rotatable bonds is 6. The van der Waals surface area contributed by atoms with Crippen molar-refractivity contribution >= 4 is 11.8 Å². The lowest BCUT2D eigenvalue weighted by molar-refractivity contribution is 0.0954. The molecule has 8 nitrogen and oxygen atoms in total. The van der Waals surface area contributed by atoms with Crippen molar-refractivity contribution in [1.82, 2.24) is 19.8 Å². The van der Waals surface area contributed by atoms with Crippen molar-refractivity contribution < 1.29 is 9.59 Å². The van der Waals surface area contributed by atoms with E-state index in [9.17, 15) is 19.2 Å². The summed E-state index contributed by atoms with van der Waals surface area (Å²) in [6.07, 6.45) is 3.05. The van der Waals surface area contributed by atoms with E-state index in [2.05, 4.69) is 10.6 Å². The van der Waals surface area contributed by atoms with Gasteiger partial charge < -0.3 is 19.8 Å². The molecule has 2 N–H and O–H groups in total. The van der Waals surface area contributed by atoms with Gasteiger partial charge in [0.25, 0.3) is 22.9 Å². The Labute approximate surface area is 172 Å². The van der Waals surface area contributed by atoms with E-state index in [1.54, 1.807) is 0 Å². The van der Waals surface area contributed by atoms with E-state index < -0.39 is 0 Å². The minimum Gasteiger partial charge on any atom is -0.355 e. The molecule has 0 atom stereocenters. The zero-order chi connectivity index (χ0) is 21.7. The number of amides is 2. The van der Waals surface area contributed by atoms with Gasteiger partial charge in [0, 0.05) is 38.6 Å². The van der Waals surface area contributed by atoms with Crippen LogP contribution in [0, 0.1) is 0 Å². The second-order valence-electron chi connectivity index (χ2n) is 6.74. The predicted octanol–water partition coefficient (Wildman–Crippen LogP) is 0.826. The number of benzene rings is 1. The number of pyridine rings is 2. The lowest BCUT2D eigenvalue weighted by Gasteiger charge is -2.10. The quantitative estimate of drug-likeness (QED) is 0.633. The maximum absolute atomic E-state index is 12.1. The Kier molecular flexibility index (Phi) is 6.26. The van der Waals surface area contributed by atoms with E-state index in [0.29, 0.717) is 24.2 Å². The van der Waals surface area contributed by atoms with Crippen molar-refractivity contribution in [3.63, 3.8) is 0 Å². The smallest absolute Gasteiger partial charge is 0.252 e. The molecule has 154 valence electrons. The van der Waals surface area contributed by atoms with Crippen molar-refractivity contribution in [3.05, 3.63) is 104 Å². The second-order valence-corrected chi connectivity index (χ2v) is 6.74. The van der Waals surface area contributed by atoms with Gasteiger partial charge in [-0.25, -0.2) is 0 Å². The fraction of sp³-hybridized carbons (Fsp3) is 0.182. The minimum absolute atomic E-state index is 0.204. The molecule has 2 amide bonds. The van der Waals surface area contributed by atoms with Crippen molar-refractivity contribution in [3.8, 4) is 0 Å². The van der Waals surface area contributed by atoms with Gasteiger partial charge in [-0.15, -0.1) is 0 Å². The van der Waals surface area contributed by atoms with E-state index in [1.165, 1.54) is 59.9 Å². The lowest BCUT2D eigenvalue weighted by atomic mass is 10.1. The first kappa shape index (κ1) is 20.8. The first-order chi connectivity index (χ1) is 14.4. The molecule has 2 aromatic heterocycles. The Hall–Kier alpha value is -3.94. The molecular weight excluding hydrogens is 384 g/mol. The molecule has 1 aromatic carbocycles. The summed E-state index contributed by atoms with van der Waals surface area (Å²) in [4.78, 5) is 47.8. The van der Waals surface area contributed by atoms with E-state index in [0.717, 1.165) is 11.1 Å². The molecule has 0 aliphatic heterocycles. The van der Waals surface area contributed by atoms with Crippen molar-refractivity contribution in [1.29, 1.82) is 0 Å². The summed E-state index contributed by atoms with van der Waals surface area (Å²) in [5.41, 5.74) is 2.16. The Morgan fingerprint density at radius 3 is 1.37 bits per heavy atom. The monoisotopic (exact) mass is 406 g/mol. The molecule has 2 heterocycles. The fourth-order valence-corrected chi connectivity index (χ4v) is 3.01. The predicted molar refractivity (Wildman–Crippen MR) is 113 cm³/mol. The molecule has 3 aromatic rings. The van der Waals surface area contributed by atoms with Crippen LogP contribution in [0.25, 0.3) is 0 Å². The molecule has 0 aliphatic carbocycles. The molecule has 0 bridgehead atoms. The maximum atomic E-state index is 12.1. The van der Waals surface area contributed by atoms with Gasteiger partial charge in [0.1, 0.15) is 0 Å². The van der Waals surface area contributed by atoms with Crippen LogP contribution in [-0.4, -0.2) is 35.0 Å². The SMILES string of the molecule is CNC(=O)c1ccc(=O)n(Cc2ccc(Cn3cc(C(=O)NC)ccc3=O)cc2)c1. The average Bonchev–Trinajstić information content (AvgIpc) is 2.77. The summed E-state index contributed by atoms with van der Waals surface area (Å²) in [7, 11) is 3.07. The number of carbonyl (C=O) groups is 2. The summed E-state index contributed by atoms with van der Waals surface area (Å²) in [6.45, 7) is 0.631. The third-order valence-electron chi connectivity index (χ3n) is 4.67. The molecular formula is C22H22N4O4. The summed E-state index contributed by atoms with van der Waals surface area (Å²) in [6, 6.07) is 13.2. The van der Waals surface area contributed by atoms with Gasteiger partial charge in [0.05, 0.1) is 24.2 Å². The van der Waals surface area contributed by atoms with Crippen LogP contribution in [0.5, 0.6) is 0 Å². The van der Waals surface area contributed by atoms with Gasteiger partial charge in [0.15, 0.2) is 0 Å². The van der Waals surface area contributed by atoms with Crippen LogP contribution in [0.3, 0.4) is 0 Å². The third kappa shape index (κ3) is 4.72. The molecule has 0 saturated carbocycles. The van der Waals surface area contributed by atoms with Crippen molar-refractivity contribution in [2.75, 3.05) is 14.1 Å². The van der Waals surface area contributed by atoms with Crippen LogP contribution >= 0.6 is 0 Å². The van der Waals surface area contributed by atoms with Gasteiger partial charge >= 0.3 is 0 Å². The van der Waals surface area contributed by atoms with Crippen LogP contribution in [-0.2, 0) is 13.1 Å². The Balaban J connectivity index is 1.78. The second kappa shape index (κ2) is 9.04. The van der Waals surface area contributed by atoms with Gasteiger partial charge in [0.2, 0.25) is 0 Å². The summed E-state index contributed by atoms with van der Waals surface area (Å²) >= 11 is 0. The Morgan fingerprint density at radius 2 is 1.03 bits per heavy atom. The van der Waals surface area contributed by atoms with E-state index in [1.807, 2.05) is 24.3 Å². The maximum Gasteiger partial charge on any atom is 0.252 e. The largest absolute Gasteiger partial charge is 0.355 e. The Bertz CT molecular complexity index is 1100. The highest BCUT2D eigenvalue weighted by Crippen LogP contribution is 2.08. The van der Waals surface area contributed by atoms with E-state index >= 15 is 0 Å². The van der Waals surface area contributed by atoms with Crippen LogP contribution in [0.2, 0.25) is 0 Å². The number of nitrogens with one attached hydrogen (secondary N) is 2. The molecule has 0 radical (unpaired) electrons. The van der Waals surface area contributed by atoms with Gasteiger partial charge in [-0.05, 0) is 23.3 Å². The van der Waals surface area contributed by atoms with Crippen LogP contribution in [0.4, 0.5) is 0 Å². The number of aromatic nitrogens is 2. The summed E-state index contributed by atoms with van der Waals surface area (Å²) in [5, 5.41) is 5.07. The first-order valence-corrected chi connectivity index (χ1v) is 9.34. The standard InChI is InChI=1S/C22H22N4O4/c1-23-21(29)17-7-9-19(27)25(13-17)11-15-3-5-16(6-4-15)12-26-14-18(22(30)24-2)8-10-20(26)28/h3-10,13-14H,11-12H2,1-2H3,(H,23,29)(H,24,30). The summed E-state index contributed by atoms with van der Waals surface area (Å²) < 4.78 is 2.94. The van der Waals surface area contributed by atoms with Crippen LogP contribution in [0.1, 0.15) is 31.8 Å². The van der Waals surface area contributed by atoms with Gasteiger partial charge in [-0.3, -0.25) is 19.2 Å². The molecule has 0 saturated heterocycles. The number of nitrogens with zero attached hydrogens (tertiary/aromatic N) is 2. The molecule has 0 fully saturated rings. The highest BCUT2D eigenvalue weighted by molar-refractivity contribution is 5.94. The molecule has 30 heavy (non-hydrogen) atoms. The molecule has 8 heteroatoms. The number of hydrogen-bond acceptors (Lipinski definition) is 4. The van der Waals surface area contributed by atoms with E-state index in [-0.39, 0.29) is 22.9 Å². The molecule has 0 unspecified atom stereocenters. The van der Waals surface area contributed by atoms with Crippen LogP contribution < -0.4 is 21.8 Å². The van der Waals surface area contributed by atoms with E-state index in [4.69, 9.17) is 0 Å². The first-order valence-electron chi connectivity index (χ1n) is 9.34. The average molecular weight is 406 g/mol. The number of hydrogen-bond donors (Lipinski definition) is 2. The fourth-order valence-electron chi connectivity index (χ4n) is 3.01.